The summed E-state index contributed by atoms with van der Waals surface area (Å²) in [5.41, 5.74) is 0.606. The molecule has 0 aliphatic carbocycles. The lowest BCUT2D eigenvalue weighted by Crippen LogP contribution is -2.06. The maximum atomic E-state index is 11.0. The largest absolute Gasteiger partial charge is 0.462 e. The standard InChI is InChI=1S/C9H10O2.C3H7NO/c1-2-11-9(10)8-6-4-3-5-7-8;1-4(2)3-5/h3-7H,2H2,1H3;3H,1-2H3. The molecular formula is C12H17NO3. The van der Waals surface area contributed by atoms with Gasteiger partial charge in [0.2, 0.25) is 6.41 Å². The van der Waals surface area contributed by atoms with Crippen molar-refractivity contribution in [3.05, 3.63) is 35.9 Å². The fourth-order valence-electron chi connectivity index (χ4n) is 0.789. The smallest absolute Gasteiger partial charge is 0.338 e. The topological polar surface area (TPSA) is 46.6 Å². The molecule has 0 aliphatic rings. The van der Waals surface area contributed by atoms with Gasteiger partial charge < -0.3 is 9.64 Å². The van der Waals surface area contributed by atoms with Crippen LogP contribution in [0.1, 0.15) is 17.3 Å². The van der Waals surface area contributed by atoms with Crippen LogP contribution in [-0.4, -0.2) is 38.0 Å². The van der Waals surface area contributed by atoms with Crippen molar-refractivity contribution in [2.75, 3.05) is 20.7 Å². The van der Waals surface area contributed by atoms with E-state index in [2.05, 4.69) is 0 Å². The quantitative estimate of drug-likeness (QED) is 0.577. The number of amides is 1. The van der Waals surface area contributed by atoms with Crippen LogP contribution in [0.2, 0.25) is 0 Å². The van der Waals surface area contributed by atoms with Crippen LogP contribution >= 0.6 is 0 Å². The molecule has 0 saturated carbocycles. The van der Waals surface area contributed by atoms with Gasteiger partial charge in [-0.3, -0.25) is 4.79 Å². The summed E-state index contributed by atoms with van der Waals surface area (Å²) >= 11 is 0. The Morgan fingerprint density at radius 3 is 2.19 bits per heavy atom. The molecule has 0 unspecified atom stereocenters. The van der Waals surface area contributed by atoms with Crippen LogP contribution in [0.15, 0.2) is 30.3 Å². The Labute approximate surface area is 95.8 Å². The molecule has 0 spiro atoms. The predicted molar refractivity (Wildman–Crippen MR) is 62.1 cm³/mol. The monoisotopic (exact) mass is 223 g/mol. The average molecular weight is 223 g/mol. The number of esters is 1. The zero-order chi connectivity index (χ0) is 12.4. The van der Waals surface area contributed by atoms with Crippen molar-refractivity contribution in [3.63, 3.8) is 0 Å². The average Bonchev–Trinajstić information content (AvgIpc) is 2.31. The molecule has 88 valence electrons. The molecule has 4 heteroatoms. The summed E-state index contributed by atoms with van der Waals surface area (Å²) in [6.45, 7) is 2.22. The summed E-state index contributed by atoms with van der Waals surface area (Å²) in [6.07, 6.45) is 0.750. The summed E-state index contributed by atoms with van der Waals surface area (Å²) in [4.78, 5) is 21.9. The first-order valence-corrected chi connectivity index (χ1v) is 4.95. The van der Waals surface area contributed by atoms with E-state index in [1.165, 1.54) is 4.90 Å². The molecule has 0 N–H and O–H groups in total. The molecule has 16 heavy (non-hydrogen) atoms. The normalized spacial score (nSPS) is 8.44. The lowest BCUT2D eigenvalue weighted by Gasteiger charge is -1.99. The molecular weight excluding hydrogens is 206 g/mol. The molecule has 0 saturated heterocycles. The SMILES string of the molecule is CCOC(=O)c1ccccc1.CN(C)C=O. The number of nitrogens with zero attached hydrogens (tertiary/aromatic N) is 1. The Morgan fingerprint density at radius 2 is 1.81 bits per heavy atom. The van der Waals surface area contributed by atoms with Crippen molar-refractivity contribution in [3.8, 4) is 0 Å². The van der Waals surface area contributed by atoms with E-state index in [4.69, 9.17) is 4.74 Å². The van der Waals surface area contributed by atoms with E-state index in [0.717, 1.165) is 6.41 Å². The van der Waals surface area contributed by atoms with Crippen molar-refractivity contribution in [1.82, 2.24) is 4.90 Å². The molecule has 4 nitrogen and oxygen atoms in total. The van der Waals surface area contributed by atoms with Crippen LogP contribution in [0, 0.1) is 0 Å². The molecule has 1 amide bonds. The molecule has 0 aliphatic heterocycles. The van der Waals surface area contributed by atoms with Crippen molar-refractivity contribution in [2.24, 2.45) is 0 Å². The highest BCUT2D eigenvalue weighted by atomic mass is 16.5. The first kappa shape index (κ1) is 14.2. The maximum Gasteiger partial charge on any atom is 0.338 e. The van der Waals surface area contributed by atoms with Gasteiger partial charge in [-0.2, -0.15) is 0 Å². The van der Waals surface area contributed by atoms with Crippen molar-refractivity contribution in [2.45, 2.75) is 6.92 Å². The second-order valence-electron chi connectivity index (χ2n) is 3.16. The number of carbonyl (C=O) groups is 2. The highest BCUT2D eigenvalue weighted by molar-refractivity contribution is 5.89. The summed E-state index contributed by atoms with van der Waals surface area (Å²) in [6, 6.07) is 8.96. The summed E-state index contributed by atoms with van der Waals surface area (Å²) in [7, 11) is 3.38. The van der Waals surface area contributed by atoms with E-state index >= 15 is 0 Å². The Kier molecular flexibility index (Phi) is 7.49. The van der Waals surface area contributed by atoms with Crippen molar-refractivity contribution >= 4 is 12.4 Å². The Bertz CT molecular complexity index is 309. The second kappa shape index (κ2) is 8.47. The minimum Gasteiger partial charge on any atom is -0.462 e. The first-order valence-electron chi connectivity index (χ1n) is 4.95. The number of benzene rings is 1. The van der Waals surface area contributed by atoms with Crippen LogP contribution in [0.5, 0.6) is 0 Å². The van der Waals surface area contributed by atoms with E-state index in [0.29, 0.717) is 12.2 Å². The summed E-state index contributed by atoms with van der Waals surface area (Å²) in [5, 5.41) is 0. The van der Waals surface area contributed by atoms with Gasteiger partial charge in [0.15, 0.2) is 0 Å². The van der Waals surface area contributed by atoms with Crippen molar-refractivity contribution < 1.29 is 14.3 Å². The van der Waals surface area contributed by atoms with E-state index in [1.807, 2.05) is 18.2 Å². The zero-order valence-electron chi connectivity index (χ0n) is 9.84. The molecule has 1 aromatic carbocycles. The predicted octanol–water partition coefficient (Wildman–Crippen LogP) is 1.57. The minimum absolute atomic E-state index is 0.256. The fraction of sp³-hybridized carbons (Fsp3) is 0.333. The highest BCUT2D eigenvalue weighted by Crippen LogP contribution is 1.99. The third-order valence-electron chi connectivity index (χ3n) is 1.50. The molecule has 1 aromatic rings. The van der Waals surface area contributed by atoms with Gasteiger partial charge in [0.05, 0.1) is 12.2 Å². The number of ether oxygens (including phenoxy) is 1. The molecule has 0 aromatic heterocycles. The van der Waals surface area contributed by atoms with E-state index in [9.17, 15) is 9.59 Å². The van der Waals surface area contributed by atoms with Gasteiger partial charge in [-0.15, -0.1) is 0 Å². The van der Waals surface area contributed by atoms with Gasteiger partial charge in [0, 0.05) is 14.1 Å². The van der Waals surface area contributed by atoms with Gasteiger partial charge in [-0.25, -0.2) is 4.79 Å². The minimum atomic E-state index is -0.256. The molecule has 0 atom stereocenters. The second-order valence-corrected chi connectivity index (χ2v) is 3.16. The van der Waals surface area contributed by atoms with Gasteiger partial charge >= 0.3 is 5.97 Å². The number of hydrogen-bond donors (Lipinski definition) is 0. The molecule has 0 radical (unpaired) electrons. The summed E-state index contributed by atoms with van der Waals surface area (Å²) in [5.74, 6) is -0.256. The van der Waals surface area contributed by atoms with Crippen LogP contribution in [0.3, 0.4) is 0 Å². The number of carbonyl (C=O) groups excluding carboxylic acids is 2. The van der Waals surface area contributed by atoms with E-state index in [1.54, 1.807) is 33.2 Å². The van der Waals surface area contributed by atoms with Gasteiger partial charge in [-0.1, -0.05) is 18.2 Å². The van der Waals surface area contributed by atoms with E-state index < -0.39 is 0 Å². The molecule has 0 heterocycles. The summed E-state index contributed by atoms with van der Waals surface area (Å²) < 4.78 is 4.79. The Morgan fingerprint density at radius 1 is 1.31 bits per heavy atom. The Hall–Kier alpha value is -1.84. The van der Waals surface area contributed by atoms with Gasteiger partial charge in [0.25, 0.3) is 0 Å². The highest BCUT2D eigenvalue weighted by Gasteiger charge is 2.02. The Balaban J connectivity index is 0.000000385. The third kappa shape index (κ3) is 6.59. The zero-order valence-corrected chi connectivity index (χ0v) is 9.84. The maximum absolute atomic E-state index is 11.0. The van der Waals surface area contributed by atoms with Crippen LogP contribution in [0.4, 0.5) is 0 Å². The lowest BCUT2D eigenvalue weighted by molar-refractivity contribution is -0.115. The fourth-order valence-corrected chi connectivity index (χ4v) is 0.789. The third-order valence-corrected chi connectivity index (χ3v) is 1.50. The molecule has 0 fully saturated rings. The van der Waals surface area contributed by atoms with Crippen LogP contribution < -0.4 is 0 Å². The molecule has 1 rings (SSSR count). The van der Waals surface area contributed by atoms with Crippen LogP contribution in [-0.2, 0) is 9.53 Å². The van der Waals surface area contributed by atoms with Gasteiger partial charge in [-0.05, 0) is 19.1 Å². The first-order chi connectivity index (χ1) is 7.61. The van der Waals surface area contributed by atoms with Crippen molar-refractivity contribution in [1.29, 1.82) is 0 Å². The van der Waals surface area contributed by atoms with E-state index in [-0.39, 0.29) is 5.97 Å². The molecule has 0 bridgehead atoms. The number of rotatable bonds is 3. The number of hydrogen-bond acceptors (Lipinski definition) is 3. The van der Waals surface area contributed by atoms with Gasteiger partial charge in [0.1, 0.15) is 0 Å². The van der Waals surface area contributed by atoms with Crippen LogP contribution in [0.25, 0.3) is 0 Å². The lowest BCUT2D eigenvalue weighted by atomic mass is 10.2.